The molecule has 1 aromatic carbocycles. The fourth-order valence-electron chi connectivity index (χ4n) is 2.23. The Morgan fingerprint density at radius 1 is 1.12 bits per heavy atom. The smallest absolute Gasteiger partial charge is 0.300 e. The number of nitrogens with one attached hydrogen (secondary N) is 2. The number of amides is 2. The lowest BCUT2D eigenvalue weighted by atomic mass is 10.2. The van der Waals surface area contributed by atoms with E-state index < -0.39 is 5.91 Å². The van der Waals surface area contributed by atoms with Crippen LogP contribution in [0.4, 0.5) is 11.4 Å². The summed E-state index contributed by atoms with van der Waals surface area (Å²) in [5.74, 6) is 1.16. The molecule has 0 aliphatic rings. The van der Waals surface area contributed by atoms with E-state index in [0.29, 0.717) is 22.6 Å². The van der Waals surface area contributed by atoms with Crippen molar-refractivity contribution in [2.75, 3.05) is 10.6 Å². The maximum absolute atomic E-state index is 12.4. The number of hydrogen-bond donors (Lipinski definition) is 2. The summed E-state index contributed by atoms with van der Waals surface area (Å²) < 4.78 is 1.54. The van der Waals surface area contributed by atoms with Crippen molar-refractivity contribution in [3.05, 3.63) is 66.2 Å². The second kappa shape index (κ2) is 7.32. The zero-order chi connectivity index (χ0) is 18.5. The highest BCUT2D eigenvalue weighted by atomic mass is 16.2. The summed E-state index contributed by atoms with van der Waals surface area (Å²) in [6, 6.07) is 10.5. The molecule has 128 valence electrons. The minimum absolute atomic E-state index is 0.259. The lowest BCUT2D eigenvalue weighted by molar-refractivity contribution is -0.111. The highest BCUT2D eigenvalue weighted by molar-refractivity contribution is 6.04. The number of aromatic nitrogens is 3. The average molecular weight is 345 g/mol. The zero-order valence-electron chi connectivity index (χ0n) is 13.9. The number of hydrogen-bond acceptors (Lipinski definition) is 4. The first-order valence-electron chi connectivity index (χ1n) is 7.72. The van der Waals surface area contributed by atoms with E-state index in [2.05, 4.69) is 20.7 Å². The molecule has 0 fully saturated rings. The van der Waals surface area contributed by atoms with Gasteiger partial charge in [-0.1, -0.05) is 6.07 Å². The molecule has 3 rings (SSSR count). The van der Waals surface area contributed by atoms with Crippen LogP contribution < -0.4 is 10.6 Å². The van der Waals surface area contributed by atoms with E-state index in [1.807, 2.05) is 18.9 Å². The molecule has 0 aliphatic heterocycles. The van der Waals surface area contributed by atoms with Gasteiger partial charge in [0.05, 0.1) is 35.7 Å². The van der Waals surface area contributed by atoms with Crippen LogP contribution in [0.3, 0.4) is 0 Å². The molecular formula is C19H15N5O2. The fourth-order valence-corrected chi connectivity index (χ4v) is 2.23. The summed E-state index contributed by atoms with van der Waals surface area (Å²) >= 11 is 0. The number of nitrogens with zero attached hydrogens (tertiary/aromatic N) is 3. The van der Waals surface area contributed by atoms with Crippen molar-refractivity contribution in [3.8, 4) is 18.0 Å². The Morgan fingerprint density at radius 2 is 1.96 bits per heavy atom. The Balaban J connectivity index is 1.77. The topological polar surface area (TPSA) is 88.9 Å². The van der Waals surface area contributed by atoms with Crippen LogP contribution in [0.15, 0.2) is 55.0 Å². The number of anilines is 2. The second-order valence-electron chi connectivity index (χ2n) is 5.46. The highest BCUT2D eigenvalue weighted by Crippen LogP contribution is 2.15. The molecule has 7 nitrogen and oxygen atoms in total. The lowest BCUT2D eigenvalue weighted by Crippen LogP contribution is -2.12. The van der Waals surface area contributed by atoms with Gasteiger partial charge in [0.25, 0.3) is 11.8 Å². The molecule has 0 bridgehead atoms. The van der Waals surface area contributed by atoms with Crippen LogP contribution in [-0.2, 0) is 4.79 Å². The van der Waals surface area contributed by atoms with Gasteiger partial charge in [-0.15, -0.1) is 6.42 Å². The molecule has 0 spiro atoms. The van der Waals surface area contributed by atoms with Crippen LogP contribution in [0.25, 0.3) is 5.69 Å². The van der Waals surface area contributed by atoms with E-state index in [1.165, 1.54) is 10.9 Å². The lowest BCUT2D eigenvalue weighted by Gasteiger charge is -2.07. The van der Waals surface area contributed by atoms with Gasteiger partial charge in [-0.3, -0.25) is 14.6 Å². The predicted molar refractivity (Wildman–Crippen MR) is 98.0 cm³/mol. The first-order chi connectivity index (χ1) is 12.5. The van der Waals surface area contributed by atoms with Gasteiger partial charge in [0.15, 0.2) is 0 Å². The monoisotopic (exact) mass is 345 g/mol. The third-order valence-electron chi connectivity index (χ3n) is 3.51. The zero-order valence-corrected chi connectivity index (χ0v) is 13.9. The van der Waals surface area contributed by atoms with Crippen molar-refractivity contribution in [2.45, 2.75) is 6.92 Å². The van der Waals surface area contributed by atoms with Gasteiger partial charge in [-0.25, -0.2) is 4.68 Å². The molecule has 7 heteroatoms. The summed E-state index contributed by atoms with van der Waals surface area (Å²) in [4.78, 5) is 27.8. The van der Waals surface area contributed by atoms with E-state index in [-0.39, 0.29) is 5.91 Å². The average Bonchev–Trinajstić information content (AvgIpc) is 3.12. The Labute approximate surface area is 150 Å². The third kappa shape index (κ3) is 3.94. The summed E-state index contributed by atoms with van der Waals surface area (Å²) in [6.45, 7) is 1.87. The highest BCUT2D eigenvalue weighted by Gasteiger charge is 2.09. The fraction of sp³-hybridized carbons (Fsp3) is 0.0526. The summed E-state index contributed by atoms with van der Waals surface area (Å²) in [7, 11) is 0. The molecule has 0 atom stereocenters. The molecule has 0 unspecified atom stereocenters. The molecule has 26 heavy (non-hydrogen) atoms. The molecular weight excluding hydrogens is 330 g/mol. The normalized spacial score (nSPS) is 10.0. The quantitative estimate of drug-likeness (QED) is 0.711. The largest absolute Gasteiger partial charge is 0.321 e. The first kappa shape index (κ1) is 16.9. The molecule has 0 saturated carbocycles. The molecule has 0 aliphatic carbocycles. The Kier molecular flexibility index (Phi) is 4.76. The van der Waals surface area contributed by atoms with Crippen LogP contribution in [0.1, 0.15) is 16.1 Å². The van der Waals surface area contributed by atoms with E-state index in [9.17, 15) is 9.59 Å². The van der Waals surface area contributed by atoms with Gasteiger partial charge in [0.1, 0.15) is 0 Å². The molecule has 2 aromatic heterocycles. The van der Waals surface area contributed by atoms with Crippen molar-refractivity contribution in [2.24, 2.45) is 0 Å². The number of benzene rings is 1. The maximum atomic E-state index is 12.4. The minimum Gasteiger partial charge on any atom is -0.321 e. The van der Waals surface area contributed by atoms with E-state index >= 15 is 0 Å². The number of pyridine rings is 1. The summed E-state index contributed by atoms with van der Waals surface area (Å²) in [6.07, 6.45) is 9.71. The SMILES string of the molecule is C#CC(=O)Nc1cnn(-c2cccc(C(=O)Nc3ccc(C)nc3)c2)c1. The van der Waals surface area contributed by atoms with Gasteiger partial charge in [0, 0.05) is 11.3 Å². The van der Waals surface area contributed by atoms with Crippen LogP contribution in [-0.4, -0.2) is 26.6 Å². The van der Waals surface area contributed by atoms with Crippen LogP contribution >= 0.6 is 0 Å². The van der Waals surface area contributed by atoms with E-state index in [0.717, 1.165) is 5.69 Å². The second-order valence-corrected chi connectivity index (χ2v) is 5.46. The van der Waals surface area contributed by atoms with Gasteiger partial charge < -0.3 is 10.6 Å². The Bertz CT molecular complexity index is 999. The van der Waals surface area contributed by atoms with E-state index in [4.69, 9.17) is 6.42 Å². The molecule has 0 radical (unpaired) electrons. The number of carbonyl (C=O) groups excluding carboxylic acids is 2. The number of rotatable bonds is 4. The Hall–Kier alpha value is -3.92. The van der Waals surface area contributed by atoms with Crippen molar-refractivity contribution < 1.29 is 9.59 Å². The maximum Gasteiger partial charge on any atom is 0.300 e. The summed E-state index contributed by atoms with van der Waals surface area (Å²) in [5.41, 5.74) is 3.09. The molecule has 0 saturated heterocycles. The number of carbonyl (C=O) groups is 2. The van der Waals surface area contributed by atoms with Gasteiger partial charge >= 0.3 is 0 Å². The molecule has 2 amide bonds. The van der Waals surface area contributed by atoms with Crippen molar-refractivity contribution in [1.82, 2.24) is 14.8 Å². The standard InChI is InChI=1S/C19H15N5O2/c1-3-18(25)22-16-11-21-24(12-16)17-6-4-5-14(9-17)19(26)23-15-8-7-13(2)20-10-15/h1,4-12H,2H3,(H,22,25)(H,23,26). The van der Waals surface area contributed by atoms with Crippen molar-refractivity contribution in [3.63, 3.8) is 0 Å². The number of aryl methyl sites for hydroxylation is 1. The molecule has 2 N–H and O–H groups in total. The van der Waals surface area contributed by atoms with E-state index in [1.54, 1.807) is 42.7 Å². The third-order valence-corrected chi connectivity index (χ3v) is 3.51. The molecule has 3 aromatic rings. The van der Waals surface area contributed by atoms with Crippen LogP contribution in [0, 0.1) is 19.3 Å². The van der Waals surface area contributed by atoms with Crippen LogP contribution in [0.5, 0.6) is 0 Å². The first-order valence-corrected chi connectivity index (χ1v) is 7.72. The minimum atomic E-state index is -0.551. The van der Waals surface area contributed by atoms with Crippen molar-refractivity contribution >= 4 is 23.2 Å². The van der Waals surface area contributed by atoms with Crippen LogP contribution in [0.2, 0.25) is 0 Å². The van der Waals surface area contributed by atoms with Crippen molar-refractivity contribution in [1.29, 1.82) is 0 Å². The van der Waals surface area contributed by atoms with Gasteiger partial charge in [-0.05, 0) is 43.2 Å². The number of terminal acetylenes is 1. The summed E-state index contributed by atoms with van der Waals surface area (Å²) in [5, 5.41) is 9.46. The Morgan fingerprint density at radius 3 is 2.69 bits per heavy atom. The molecule has 2 heterocycles. The van der Waals surface area contributed by atoms with Gasteiger partial charge in [0.2, 0.25) is 0 Å². The predicted octanol–water partition coefficient (Wildman–Crippen LogP) is 2.40. The van der Waals surface area contributed by atoms with Gasteiger partial charge in [-0.2, -0.15) is 5.10 Å².